The summed E-state index contributed by atoms with van der Waals surface area (Å²) in [6, 6.07) is 3.93. The maximum Gasteiger partial charge on any atom is 0.188 e. The average molecular weight is 400 g/mol. The Morgan fingerprint density at radius 1 is 1.24 bits per heavy atom. The lowest BCUT2D eigenvalue weighted by atomic mass is 9.93. The molecule has 1 aromatic heterocycles. The van der Waals surface area contributed by atoms with Gasteiger partial charge in [0.25, 0.3) is 0 Å². The van der Waals surface area contributed by atoms with Gasteiger partial charge >= 0.3 is 0 Å². The van der Waals surface area contributed by atoms with Crippen molar-refractivity contribution in [2.75, 3.05) is 19.4 Å². The van der Waals surface area contributed by atoms with Gasteiger partial charge in [-0.1, -0.05) is 48.8 Å². The number of nitrogens with zero attached hydrogens (tertiary/aromatic N) is 2. The molecule has 0 spiro atoms. The van der Waals surface area contributed by atoms with Gasteiger partial charge in [-0.25, -0.2) is 9.97 Å². The summed E-state index contributed by atoms with van der Waals surface area (Å²) in [4.78, 5) is 8.80. The van der Waals surface area contributed by atoms with Crippen LogP contribution in [0.15, 0.2) is 23.5 Å². The van der Waals surface area contributed by atoms with Crippen molar-refractivity contribution in [3.63, 3.8) is 0 Å². The Bertz CT molecular complexity index is 726. The van der Waals surface area contributed by atoms with Crippen molar-refractivity contribution in [1.82, 2.24) is 9.97 Å². The van der Waals surface area contributed by atoms with E-state index in [9.17, 15) is 0 Å². The number of benzene rings is 1. The summed E-state index contributed by atoms with van der Waals surface area (Å²) in [6.07, 6.45) is 3.35. The number of thioether (sulfide) groups is 1. The average Bonchev–Trinajstić information content (AvgIpc) is 2.57. The third-order valence-corrected chi connectivity index (χ3v) is 5.36. The van der Waals surface area contributed by atoms with Crippen LogP contribution in [0.5, 0.6) is 5.75 Å². The van der Waals surface area contributed by atoms with E-state index in [-0.39, 0.29) is 0 Å². The molecule has 0 aliphatic heterocycles. The zero-order valence-corrected chi connectivity index (χ0v) is 17.0. The number of ether oxygens (including phenoxy) is 1. The molecule has 2 rings (SSSR count). The molecule has 136 valence electrons. The Morgan fingerprint density at radius 3 is 2.60 bits per heavy atom. The van der Waals surface area contributed by atoms with E-state index in [0.717, 1.165) is 23.3 Å². The molecule has 0 unspecified atom stereocenters. The van der Waals surface area contributed by atoms with Gasteiger partial charge in [-0.05, 0) is 42.1 Å². The highest BCUT2D eigenvalue weighted by molar-refractivity contribution is 7.99. The Kier molecular flexibility index (Phi) is 7.81. The summed E-state index contributed by atoms with van der Waals surface area (Å²) in [5.41, 5.74) is 8.67. The monoisotopic (exact) mass is 399 g/mol. The molecule has 7 heteroatoms. The van der Waals surface area contributed by atoms with Crippen LogP contribution in [0.4, 0.5) is 0 Å². The van der Waals surface area contributed by atoms with Crippen molar-refractivity contribution >= 4 is 35.0 Å². The summed E-state index contributed by atoms with van der Waals surface area (Å²) in [5, 5.41) is 1.75. The molecular formula is C18H23Cl2N3OS. The molecule has 0 aliphatic rings. The maximum absolute atomic E-state index is 6.38. The first kappa shape index (κ1) is 20.3. The van der Waals surface area contributed by atoms with E-state index >= 15 is 0 Å². The maximum atomic E-state index is 6.38. The summed E-state index contributed by atoms with van der Waals surface area (Å²) in [6.45, 7) is 4.94. The van der Waals surface area contributed by atoms with Crippen LogP contribution in [-0.4, -0.2) is 29.4 Å². The SMILES string of the molecule is COc1cc(C(C)C)c(Cc2cnc(SCCCN)nc2Cl)cc1Cl. The van der Waals surface area contributed by atoms with E-state index in [1.54, 1.807) is 25.1 Å². The molecule has 0 bridgehead atoms. The van der Waals surface area contributed by atoms with Crippen LogP contribution in [0, 0.1) is 0 Å². The summed E-state index contributed by atoms with van der Waals surface area (Å²) in [5.74, 6) is 1.91. The first-order valence-electron chi connectivity index (χ1n) is 8.16. The lowest BCUT2D eigenvalue weighted by molar-refractivity contribution is 0.414. The molecule has 0 saturated heterocycles. The minimum absolute atomic E-state index is 0.340. The highest BCUT2D eigenvalue weighted by Gasteiger charge is 2.15. The molecule has 0 amide bonds. The molecule has 0 atom stereocenters. The van der Waals surface area contributed by atoms with E-state index in [2.05, 4.69) is 23.8 Å². The number of methoxy groups -OCH3 is 1. The van der Waals surface area contributed by atoms with Crippen LogP contribution < -0.4 is 10.5 Å². The topological polar surface area (TPSA) is 61.0 Å². The van der Waals surface area contributed by atoms with Gasteiger partial charge in [-0.15, -0.1) is 0 Å². The Balaban J connectivity index is 2.25. The van der Waals surface area contributed by atoms with Crippen LogP contribution in [0.3, 0.4) is 0 Å². The minimum atomic E-state index is 0.340. The largest absolute Gasteiger partial charge is 0.495 e. The predicted molar refractivity (Wildman–Crippen MR) is 106 cm³/mol. The van der Waals surface area contributed by atoms with Crippen LogP contribution in [0.2, 0.25) is 10.2 Å². The van der Waals surface area contributed by atoms with E-state index in [1.807, 2.05) is 12.1 Å². The molecule has 0 fully saturated rings. The molecule has 1 heterocycles. The molecule has 0 aliphatic carbocycles. The van der Waals surface area contributed by atoms with Gasteiger partial charge in [0.15, 0.2) is 5.16 Å². The molecule has 0 saturated carbocycles. The standard InChI is InChI=1S/C18H23Cl2N3OS/c1-11(2)14-9-16(24-3)15(19)8-12(14)7-13-10-22-18(23-17(13)20)25-6-4-5-21/h8-11H,4-7,21H2,1-3H3. The van der Waals surface area contributed by atoms with E-state index in [1.165, 1.54) is 5.56 Å². The van der Waals surface area contributed by atoms with E-state index in [4.69, 9.17) is 33.7 Å². The van der Waals surface area contributed by atoms with Gasteiger partial charge in [-0.2, -0.15) is 0 Å². The molecule has 1 aromatic carbocycles. The molecular weight excluding hydrogens is 377 g/mol. The first-order chi connectivity index (χ1) is 12.0. The highest BCUT2D eigenvalue weighted by atomic mass is 35.5. The zero-order chi connectivity index (χ0) is 18.4. The summed E-state index contributed by atoms with van der Waals surface area (Å²) in [7, 11) is 1.62. The van der Waals surface area contributed by atoms with Crippen molar-refractivity contribution in [3.05, 3.63) is 45.2 Å². The lowest BCUT2D eigenvalue weighted by Gasteiger charge is -2.16. The van der Waals surface area contributed by atoms with Crippen LogP contribution in [0.1, 0.15) is 42.9 Å². The second-order valence-electron chi connectivity index (χ2n) is 5.98. The van der Waals surface area contributed by atoms with Gasteiger partial charge in [0.1, 0.15) is 10.9 Å². The van der Waals surface area contributed by atoms with Crippen molar-refractivity contribution in [3.8, 4) is 5.75 Å². The smallest absolute Gasteiger partial charge is 0.188 e. The minimum Gasteiger partial charge on any atom is -0.495 e. The first-order valence-corrected chi connectivity index (χ1v) is 9.91. The van der Waals surface area contributed by atoms with Crippen molar-refractivity contribution in [2.45, 2.75) is 37.8 Å². The van der Waals surface area contributed by atoms with Gasteiger partial charge in [-0.3, -0.25) is 0 Å². The normalized spacial score (nSPS) is 11.2. The van der Waals surface area contributed by atoms with Crippen molar-refractivity contribution < 1.29 is 4.74 Å². The number of rotatable bonds is 8. The fourth-order valence-corrected chi connectivity index (χ4v) is 3.75. The van der Waals surface area contributed by atoms with Crippen molar-refractivity contribution in [1.29, 1.82) is 0 Å². The molecule has 2 N–H and O–H groups in total. The Hall–Kier alpha value is -1.01. The number of halogens is 2. The molecule has 0 radical (unpaired) electrons. The number of nitrogens with two attached hydrogens (primary N) is 1. The summed E-state index contributed by atoms with van der Waals surface area (Å²) >= 11 is 14.2. The van der Waals surface area contributed by atoms with Gasteiger partial charge in [0.05, 0.1) is 12.1 Å². The summed E-state index contributed by atoms with van der Waals surface area (Å²) < 4.78 is 5.33. The van der Waals surface area contributed by atoms with Crippen LogP contribution >= 0.6 is 35.0 Å². The second-order valence-corrected chi connectivity index (χ2v) is 7.80. The molecule has 4 nitrogen and oxygen atoms in total. The zero-order valence-electron chi connectivity index (χ0n) is 14.7. The van der Waals surface area contributed by atoms with E-state index in [0.29, 0.717) is 40.0 Å². The number of hydrogen-bond acceptors (Lipinski definition) is 5. The highest BCUT2D eigenvalue weighted by Crippen LogP contribution is 2.33. The fourth-order valence-electron chi connectivity index (χ4n) is 2.47. The fraction of sp³-hybridized carbons (Fsp3) is 0.444. The van der Waals surface area contributed by atoms with Crippen molar-refractivity contribution in [2.24, 2.45) is 5.73 Å². The Labute approximate surface area is 163 Å². The lowest BCUT2D eigenvalue weighted by Crippen LogP contribution is -2.03. The van der Waals surface area contributed by atoms with Crippen LogP contribution in [0.25, 0.3) is 0 Å². The van der Waals surface area contributed by atoms with E-state index < -0.39 is 0 Å². The molecule has 2 aromatic rings. The van der Waals surface area contributed by atoms with Crippen LogP contribution in [-0.2, 0) is 6.42 Å². The van der Waals surface area contributed by atoms with Gasteiger partial charge < -0.3 is 10.5 Å². The number of aromatic nitrogens is 2. The molecule has 25 heavy (non-hydrogen) atoms. The Morgan fingerprint density at radius 2 is 2.00 bits per heavy atom. The van der Waals surface area contributed by atoms with Gasteiger partial charge in [0, 0.05) is 23.9 Å². The third-order valence-electron chi connectivity index (χ3n) is 3.79. The second kappa shape index (κ2) is 9.62. The third kappa shape index (κ3) is 5.48. The number of hydrogen-bond donors (Lipinski definition) is 1. The van der Waals surface area contributed by atoms with Gasteiger partial charge in [0.2, 0.25) is 0 Å². The quantitative estimate of drug-likeness (QED) is 0.294. The predicted octanol–water partition coefficient (Wildman–Crippen LogP) is 4.95.